The molecule has 0 saturated carbocycles. The van der Waals surface area contributed by atoms with Gasteiger partial charge in [0.2, 0.25) is 0 Å². The summed E-state index contributed by atoms with van der Waals surface area (Å²) in [6, 6.07) is 18.6. The first-order chi connectivity index (χ1) is 10.3. The summed E-state index contributed by atoms with van der Waals surface area (Å²) >= 11 is 0. The summed E-state index contributed by atoms with van der Waals surface area (Å²) < 4.78 is 11.2. The van der Waals surface area contributed by atoms with Crippen LogP contribution in [-0.4, -0.2) is 13.2 Å². The first-order valence-electron chi connectivity index (χ1n) is 7.39. The second-order valence-corrected chi connectivity index (χ2v) is 4.65. The lowest BCUT2D eigenvalue weighted by Crippen LogP contribution is -2.08. The van der Waals surface area contributed by atoms with Gasteiger partial charge in [-0.15, -0.1) is 0 Å². The molecule has 0 aliphatic rings. The molecule has 0 heterocycles. The average Bonchev–Trinajstić information content (AvgIpc) is 2.54. The lowest BCUT2D eigenvalue weighted by atomic mass is 10.1. The van der Waals surface area contributed by atoms with E-state index < -0.39 is 0 Å². The van der Waals surface area contributed by atoms with Crippen molar-refractivity contribution in [1.29, 1.82) is 0 Å². The van der Waals surface area contributed by atoms with Crippen molar-refractivity contribution < 1.29 is 9.47 Å². The smallest absolute Gasteiger partial charge is 0.183 e. The molecule has 21 heavy (non-hydrogen) atoms. The minimum atomic E-state index is -0.271. The molecule has 2 rings (SSSR count). The second-order valence-electron chi connectivity index (χ2n) is 4.65. The molecule has 0 unspecified atom stereocenters. The van der Waals surface area contributed by atoms with E-state index in [1.807, 2.05) is 32.0 Å². The quantitative estimate of drug-likeness (QED) is 0.529. The Morgan fingerprint density at radius 1 is 0.762 bits per heavy atom. The highest BCUT2D eigenvalue weighted by atomic mass is 16.7. The van der Waals surface area contributed by atoms with Crippen molar-refractivity contribution in [3.05, 3.63) is 71.3 Å². The van der Waals surface area contributed by atoms with Crippen molar-refractivity contribution in [2.75, 3.05) is 13.2 Å². The maximum atomic E-state index is 5.60. The van der Waals surface area contributed by atoms with Gasteiger partial charge in [0.1, 0.15) is 0 Å². The van der Waals surface area contributed by atoms with E-state index in [0.29, 0.717) is 13.2 Å². The Hall–Kier alpha value is -1.90. The molecule has 0 fully saturated rings. The van der Waals surface area contributed by atoms with Gasteiger partial charge in [0.15, 0.2) is 6.29 Å². The summed E-state index contributed by atoms with van der Waals surface area (Å²) in [5.74, 6) is 0. The summed E-state index contributed by atoms with van der Waals surface area (Å²) in [5, 5.41) is 0. The van der Waals surface area contributed by atoms with Crippen LogP contribution >= 0.6 is 0 Å². The van der Waals surface area contributed by atoms with E-state index in [4.69, 9.17) is 9.47 Å². The van der Waals surface area contributed by atoms with Crippen molar-refractivity contribution >= 4 is 12.2 Å². The molecule has 2 aromatic rings. The molecule has 0 bridgehead atoms. The Morgan fingerprint density at radius 3 is 1.81 bits per heavy atom. The molecule has 0 aromatic heterocycles. The first kappa shape index (κ1) is 15.5. The number of hydrogen-bond acceptors (Lipinski definition) is 2. The van der Waals surface area contributed by atoms with Gasteiger partial charge in [-0.05, 0) is 25.0 Å². The minimum Gasteiger partial charge on any atom is -0.349 e. The number of benzene rings is 2. The van der Waals surface area contributed by atoms with E-state index in [0.717, 1.165) is 11.1 Å². The lowest BCUT2D eigenvalue weighted by molar-refractivity contribution is -0.140. The highest BCUT2D eigenvalue weighted by Gasteiger charge is 2.10. The molecule has 0 radical (unpaired) electrons. The molecule has 0 aliphatic carbocycles. The standard InChI is InChI=1S/C19H22O2/c1-3-20-19(21-4-2)18-14-12-17(13-15-18)11-10-16-8-6-5-7-9-16/h5-15,19H,3-4H2,1-2H3. The van der Waals surface area contributed by atoms with E-state index in [-0.39, 0.29) is 6.29 Å². The van der Waals surface area contributed by atoms with Crippen LogP contribution in [0.4, 0.5) is 0 Å². The Labute approximate surface area is 127 Å². The van der Waals surface area contributed by atoms with E-state index in [9.17, 15) is 0 Å². The molecule has 2 nitrogen and oxygen atoms in total. The maximum absolute atomic E-state index is 5.60. The lowest BCUT2D eigenvalue weighted by Gasteiger charge is -2.17. The Morgan fingerprint density at radius 2 is 1.29 bits per heavy atom. The minimum absolute atomic E-state index is 0.271. The average molecular weight is 282 g/mol. The summed E-state index contributed by atoms with van der Waals surface area (Å²) in [5.41, 5.74) is 3.41. The van der Waals surface area contributed by atoms with Crippen molar-refractivity contribution in [1.82, 2.24) is 0 Å². The molecule has 0 saturated heterocycles. The van der Waals surface area contributed by atoms with Crippen LogP contribution < -0.4 is 0 Å². The number of rotatable bonds is 7. The number of ether oxygens (including phenoxy) is 2. The highest BCUT2D eigenvalue weighted by Crippen LogP contribution is 2.20. The third-order valence-corrected chi connectivity index (χ3v) is 3.11. The monoisotopic (exact) mass is 282 g/mol. The molecular formula is C19H22O2. The third-order valence-electron chi connectivity index (χ3n) is 3.11. The van der Waals surface area contributed by atoms with E-state index in [1.54, 1.807) is 0 Å². The molecule has 0 atom stereocenters. The van der Waals surface area contributed by atoms with Crippen molar-refractivity contribution in [2.45, 2.75) is 20.1 Å². The molecular weight excluding hydrogens is 260 g/mol. The highest BCUT2D eigenvalue weighted by molar-refractivity contribution is 5.69. The van der Waals surface area contributed by atoms with Crippen LogP contribution in [-0.2, 0) is 9.47 Å². The first-order valence-corrected chi connectivity index (χ1v) is 7.39. The van der Waals surface area contributed by atoms with Gasteiger partial charge < -0.3 is 9.47 Å². The molecule has 110 valence electrons. The van der Waals surface area contributed by atoms with Crippen LogP contribution in [0.25, 0.3) is 12.2 Å². The second kappa shape index (κ2) is 8.40. The number of hydrogen-bond donors (Lipinski definition) is 0. The predicted molar refractivity (Wildman–Crippen MR) is 87.8 cm³/mol. The van der Waals surface area contributed by atoms with Crippen LogP contribution in [0.15, 0.2) is 54.6 Å². The zero-order valence-electron chi connectivity index (χ0n) is 12.7. The summed E-state index contributed by atoms with van der Waals surface area (Å²) in [4.78, 5) is 0. The van der Waals surface area contributed by atoms with Crippen LogP contribution in [0.1, 0.15) is 36.8 Å². The molecule has 0 spiro atoms. The summed E-state index contributed by atoms with van der Waals surface area (Å²) in [7, 11) is 0. The maximum Gasteiger partial charge on any atom is 0.183 e. The van der Waals surface area contributed by atoms with Gasteiger partial charge in [-0.2, -0.15) is 0 Å². The predicted octanol–water partition coefficient (Wildman–Crippen LogP) is 4.93. The van der Waals surface area contributed by atoms with Gasteiger partial charge in [-0.1, -0.05) is 66.7 Å². The zero-order valence-corrected chi connectivity index (χ0v) is 12.7. The van der Waals surface area contributed by atoms with Gasteiger partial charge in [0, 0.05) is 18.8 Å². The molecule has 2 aromatic carbocycles. The van der Waals surface area contributed by atoms with Crippen molar-refractivity contribution in [3.63, 3.8) is 0 Å². The third kappa shape index (κ3) is 4.85. The molecule has 2 heteroatoms. The Balaban J connectivity index is 2.06. The fourth-order valence-electron chi connectivity index (χ4n) is 2.06. The SMILES string of the molecule is CCOC(OCC)c1ccc(C=Cc2ccccc2)cc1. The zero-order chi connectivity index (χ0) is 14.9. The van der Waals surface area contributed by atoms with Crippen LogP contribution in [0.5, 0.6) is 0 Å². The molecule has 0 aliphatic heterocycles. The normalized spacial score (nSPS) is 11.4. The van der Waals surface area contributed by atoms with Crippen molar-refractivity contribution in [3.8, 4) is 0 Å². The van der Waals surface area contributed by atoms with Crippen LogP contribution in [0, 0.1) is 0 Å². The van der Waals surface area contributed by atoms with Gasteiger partial charge in [0.05, 0.1) is 0 Å². The Bertz CT molecular complexity index is 538. The van der Waals surface area contributed by atoms with E-state index in [1.165, 1.54) is 5.56 Å². The van der Waals surface area contributed by atoms with Crippen LogP contribution in [0.2, 0.25) is 0 Å². The Kier molecular flexibility index (Phi) is 6.20. The largest absolute Gasteiger partial charge is 0.349 e. The summed E-state index contributed by atoms with van der Waals surface area (Å²) in [6.07, 6.45) is 3.94. The molecule has 0 N–H and O–H groups in total. The van der Waals surface area contributed by atoms with E-state index in [2.05, 4.69) is 48.6 Å². The fourth-order valence-corrected chi connectivity index (χ4v) is 2.06. The van der Waals surface area contributed by atoms with Gasteiger partial charge in [0.25, 0.3) is 0 Å². The van der Waals surface area contributed by atoms with E-state index >= 15 is 0 Å². The topological polar surface area (TPSA) is 18.5 Å². The van der Waals surface area contributed by atoms with Crippen molar-refractivity contribution in [2.24, 2.45) is 0 Å². The van der Waals surface area contributed by atoms with Gasteiger partial charge in [-0.3, -0.25) is 0 Å². The van der Waals surface area contributed by atoms with Crippen LogP contribution in [0.3, 0.4) is 0 Å². The molecule has 0 amide bonds. The summed E-state index contributed by atoms with van der Waals surface area (Å²) in [6.45, 7) is 5.23. The van der Waals surface area contributed by atoms with Gasteiger partial charge >= 0.3 is 0 Å². The fraction of sp³-hybridized carbons (Fsp3) is 0.263. The van der Waals surface area contributed by atoms with Gasteiger partial charge in [-0.25, -0.2) is 0 Å².